The summed E-state index contributed by atoms with van der Waals surface area (Å²) in [5.74, 6) is 0. The minimum absolute atomic E-state index is 0.0264. The normalized spacial score (nSPS) is 17.1. The summed E-state index contributed by atoms with van der Waals surface area (Å²) in [5.41, 5.74) is 1.17. The van der Waals surface area contributed by atoms with Gasteiger partial charge in [0.05, 0.1) is 13.2 Å². The van der Waals surface area contributed by atoms with Crippen LogP contribution in [0, 0.1) is 0 Å². The van der Waals surface area contributed by atoms with Crippen molar-refractivity contribution in [2.24, 2.45) is 0 Å². The molecule has 164 valence electrons. The molecule has 0 aromatic heterocycles. The highest BCUT2D eigenvalue weighted by Crippen LogP contribution is 2.19. The van der Waals surface area contributed by atoms with Gasteiger partial charge in [-0.2, -0.15) is 0 Å². The lowest BCUT2D eigenvalue weighted by atomic mass is 10.1. The quantitative estimate of drug-likeness (QED) is 0.106. The van der Waals surface area contributed by atoms with Crippen LogP contribution in [0.5, 0.6) is 0 Å². The highest BCUT2D eigenvalue weighted by atomic mass is 16.7. The average molecular weight is 403 g/mol. The third-order valence-electron chi connectivity index (χ3n) is 5.48. The Morgan fingerprint density at radius 2 is 1.55 bits per heavy atom. The van der Waals surface area contributed by atoms with Gasteiger partial charge in [0.2, 0.25) is 0 Å². The molecule has 0 spiro atoms. The molecule has 2 rings (SSSR count). The third kappa shape index (κ3) is 12.9. The zero-order chi connectivity index (χ0) is 20.4. The van der Waals surface area contributed by atoms with Gasteiger partial charge in [-0.15, -0.1) is 0 Å². The van der Waals surface area contributed by atoms with Gasteiger partial charge in [0.1, 0.15) is 19.0 Å². The van der Waals surface area contributed by atoms with Crippen LogP contribution in [0.3, 0.4) is 0 Å². The second-order valence-electron chi connectivity index (χ2n) is 8.21. The van der Waals surface area contributed by atoms with E-state index in [1.807, 2.05) is 18.2 Å². The Bertz CT molecular complexity index is 510. The van der Waals surface area contributed by atoms with Gasteiger partial charge in [0.25, 0.3) is 0 Å². The van der Waals surface area contributed by atoms with Crippen molar-refractivity contribution in [3.05, 3.63) is 48.0 Å². The van der Waals surface area contributed by atoms with Crippen LogP contribution in [0.25, 0.3) is 0 Å². The molecule has 3 heteroatoms. The first kappa shape index (κ1) is 24.1. The number of hydrogen-bond acceptors (Lipinski definition) is 3. The molecule has 0 amide bonds. The van der Waals surface area contributed by atoms with Gasteiger partial charge in [-0.1, -0.05) is 114 Å². The van der Waals surface area contributed by atoms with E-state index in [1.165, 1.54) is 76.2 Å². The van der Waals surface area contributed by atoms with E-state index in [2.05, 4.69) is 31.2 Å². The van der Waals surface area contributed by atoms with Crippen LogP contribution in [-0.2, 0) is 20.8 Å². The largest absolute Gasteiger partial charge is 0.370 e. The molecule has 1 saturated heterocycles. The van der Waals surface area contributed by atoms with Crippen LogP contribution in [0.4, 0.5) is 0 Å². The number of ether oxygens (including phenoxy) is 3. The lowest BCUT2D eigenvalue weighted by molar-refractivity contribution is -0.0878. The fourth-order valence-electron chi connectivity index (χ4n) is 3.55. The first-order valence-corrected chi connectivity index (χ1v) is 11.9. The van der Waals surface area contributed by atoms with Crippen LogP contribution in [-0.4, -0.2) is 25.6 Å². The van der Waals surface area contributed by atoms with E-state index < -0.39 is 0 Å². The predicted octanol–water partition coefficient (Wildman–Crippen LogP) is 7.20. The van der Waals surface area contributed by atoms with Crippen molar-refractivity contribution in [3.63, 3.8) is 0 Å². The van der Waals surface area contributed by atoms with Crippen molar-refractivity contribution in [3.8, 4) is 0 Å². The van der Waals surface area contributed by atoms with Gasteiger partial charge in [0, 0.05) is 0 Å². The lowest BCUT2D eigenvalue weighted by Gasteiger charge is -2.12. The minimum atomic E-state index is 0.0264. The van der Waals surface area contributed by atoms with Gasteiger partial charge >= 0.3 is 0 Å². The fraction of sp³-hybridized carbons (Fsp3) is 0.692. The molecular weight excluding hydrogens is 360 g/mol. The van der Waals surface area contributed by atoms with Crippen molar-refractivity contribution >= 4 is 0 Å². The monoisotopic (exact) mass is 402 g/mol. The van der Waals surface area contributed by atoms with Crippen LogP contribution in [0.2, 0.25) is 0 Å². The molecule has 3 nitrogen and oxygen atoms in total. The molecule has 1 aliphatic rings. The van der Waals surface area contributed by atoms with E-state index in [1.54, 1.807) is 0 Å². The molecule has 1 heterocycles. The highest BCUT2D eigenvalue weighted by Gasteiger charge is 2.31. The zero-order valence-electron chi connectivity index (χ0n) is 18.5. The molecular formula is C26H42O3. The first-order chi connectivity index (χ1) is 14.4. The van der Waals surface area contributed by atoms with Crippen LogP contribution in [0.1, 0.15) is 89.5 Å². The SMILES string of the molecule is CCCCCCCCCCCCC/C=C/C(OCOCc1ccccc1)C1CO1. The molecule has 1 aliphatic heterocycles. The Morgan fingerprint density at radius 3 is 2.17 bits per heavy atom. The van der Waals surface area contributed by atoms with Gasteiger partial charge < -0.3 is 14.2 Å². The second-order valence-corrected chi connectivity index (χ2v) is 8.21. The maximum atomic E-state index is 5.86. The average Bonchev–Trinajstić information content (AvgIpc) is 3.59. The summed E-state index contributed by atoms with van der Waals surface area (Å²) in [6.07, 6.45) is 21.1. The van der Waals surface area contributed by atoms with Gasteiger partial charge in [-0.25, -0.2) is 0 Å². The molecule has 1 aromatic rings. The number of allylic oxidation sites excluding steroid dienone is 1. The van der Waals surface area contributed by atoms with E-state index in [9.17, 15) is 0 Å². The molecule has 2 atom stereocenters. The van der Waals surface area contributed by atoms with Crippen molar-refractivity contribution < 1.29 is 14.2 Å². The lowest BCUT2D eigenvalue weighted by Crippen LogP contribution is -2.19. The molecule has 0 bridgehead atoms. The summed E-state index contributed by atoms with van der Waals surface area (Å²) in [6, 6.07) is 10.2. The molecule has 2 unspecified atom stereocenters. The standard InChI is InChI=1S/C26H42O3/c1-2-3-4-5-6-7-8-9-10-11-12-13-17-20-25(26-22-28-26)29-23-27-21-24-18-15-14-16-19-24/h14-20,25-26H,2-13,21-23H2,1H3/b20-17+. The Balaban J connectivity index is 1.42. The summed E-state index contributed by atoms with van der Waals surface area (Å²) in [5, 5.41) is 0. The minimum Gasteiger partial charge on any atom is -0.370 e. The highest BCUT2D eigenvalue weighted by molar-refractivity contribution is 5.13. The van der Waals surface area contributed by atoms with E-state index in [-0.39, 0.29) is 12.2 Å². The van der Waals surface area contributed by atoms with E-state index in [0.717, 1.165) is 13.0 Å². The zero-order valence-corrected chi connectivity index (χ0v) is 18.5. The van der Waals surface area contributed by atoms with Gasteiger partial charge in [-0.05, 0) is 18.4 Å². The Hall–Kier alpha value is -1.16. The number of epoxide rings is 1. The summed E-state index contributed by atoms with van der Waals surface area (Å²) in [6.45, 7) is 3.97. The van der Waals surface area contributed by atoms with Crippen LogP contribution < -0.4 is 0 Å². The van der Waals surface area contributed by atoms with Crippen molar-refractivity contribution in [2.75, 3.05) is 13.4 Å². The smallest absolute Gasteiger partial charge is 0.148 e. The van der Waals surface area contributed by atoms with Crippen molar-refractivity contribution in [1.29, 1.82) is 0 Å². The molecule has 0 aliphatic carbocycles. The summed E-state index contributed by atoms with van der Waals surface area (Å²) in [7, 11) is 0. The Kier molecular flexibility index (Phi) is 13.8. The van der Waals surface area contributed by atoms with E-state index in [4.69, 9.17) is 14.2 Å². The molecule has 29 heavy (non-hydrogen) atoms. The molecule has 1 aromatic carbocycles. The topological polar surface area (TPSA) is 31.0 Å². The van der Waals surface area contributed by atoms with Crippen molar-refractivity contribution in [2.45, 2.75) is 103 Å². The first-order valence-electron chi connectivity index (χ1n) is 11.9. The third-order valence-corrected chi connectivity index (χ3v) is 5.48. The predicted molar refractivity (Wildman–Crippen MR) is 121 cm³/mol. The van der Waals surface area contributed by atoms with E-state index in [0.29, 0.717) is 13.4 Å². The van der Waals surface area contributed by atoms with Crippen molar-refractivity contribution in [1.82, 2.24) is 0 Å². The van der Waals surface area contributed by atoms with Crippen LogP contribution >= 0.6 is 0 Å². The molecule has 0 N–H and O–H groups in total. The number of rotatable bonds is 19. The van der Waals surface area contributed by atoms with Gasteiger partial charge in [-0.3, -0.25) is 0 Å². The molecule has 1 fully saturated rings. The maximum absolute atomic E-state index is 5.86. The second kappa shape index (κ2) is 16.6. The summed E-state index contributed by atoms with van der Waals surface area (Å²) in [4.78, 5) is 0. The number of benzene rings is 1. The summed E-state index contributed by atoms with van der Waals surface area (Å²) >= 11 is 0. The maximum Gasteiger partial charge on any atom is 0.148 e. The number of hydrogen-bond donors (Lipinski definition) is 0. The number of unbranched alkanes of at least 4 members (excludes halogenated alkanes) is 11. The van der Waals surface area contributed by atoms with E-state index >= 15 is 0 Å². The fourth-order valence-corrected chi connectivity index (χ4v) is 3.55. The molecule has 0 saturated carbocycles. The van der Waals surface area contributed by atoms with Gasteiger partial charge in [0.15, 0.2) is 0 Å². The summed E-state index contributed by atoms with van der Waals surface area (Å²) < 4.78 is 16.9. The Labute approximate surface area is 178 Å². The Morgan fingerprint density at radius 1 is 0.931 bits per heavy atom. The molecule has 0 radical (unpaired) electrons. The van der Waals surface area contributed by atoms with Crippen LogP contribution in [0.15, 0.2) is 42.5 Å².